The zero-order chi connectivity index (χ0) is 15.1. The van der Waals surface area contributed by atoms with Gasteiger partial charge in [-0.2, -0.15) is 0 Å². The molecule has 1 aromatic rings. The Bertz CT molecular complexity index is 425. The molecule has 118 valence electrons. The van der Waals surface area contributed by atoms with Gasteiger partial charge in [-0.3, -0.25) is 4.90 Å². The van der Waals surface area contributed by atoms with E-state index in [1.165, 1.54) is 24.8 Å². The molecule has 1 fully saturated rings. The number of benzene rings is 1. The van der Waals surface area contributed by atoms with Crippen molar-refractivity contribution in [1.29, 1.82) is 0 Å². The van der Waals surface area contributed by atoms with E-state index in [2.05, 4.69) is 24.1 Å². The van der Waals surface area contributed by atoms with E-state index in [1.807, 2.05) is 12.1 Å². The summed E-state index contributed by atoms with van der Waals surface area (Å²) in [5, 5.41) is 3.38. The van der Waals surface area contributed by atoms with Crippen LogP contribution in [0.1, 0.15) is 50.7 Å². The third-order valence-corrected chi connectivity index (χ3v) is 4.54. The second-order valence-electron chi connectivity index (χ2n) is 6.23. The lowest BCUT2D eigenvalue weighted by Crippen LogP contribution is -2.33. The van der Waals surface area contributed by atoms with E-state index < -0.39 is 0 Å². The van der Waals surface area contributed by atoms with Gasteiger partial charge < -0.3 is 5.32 Å². The monoisotopic (exact) mass is 292 g/mol. The molecule has 0 radical (unpaired) electrons. The Morgan fingerprint density at radius 2 is 2.00 bits per heavy atom. The Morgan fingerprint density at radius 1 is 1.24 bits per heavy atom. The Kier molecular flexibility index (Phi) is 6.65. The van der Waals surface area contributed by atoms with Crippen LogP contribution in [0.15, 0.2) is 18.2 Å². The average Bonchev–Trinajstić information content (AvgIpc) is 2.51. The van der Waals surface area contributed by atoms with Crippen molar-refractivity contribution in [1.82, 2.24) is 10.2 Å². The topological polar surface area (TPSA) is 15.3 Å². The van der Waals surface area contributed by atoms with Gasteiger partial charge >= 0.3 is 0 Å². The lowest BCUT2D eigenvalue weighted by atomic mass is 9.94. The summed E-state index contributed by atoms with van der Waals surface area (Å²) in [4.78, 5) is 2.40. The molecule has 0 atom stereocenters. The van der Waals surface area contributed by atoms with Gasteiger partial charge in [0.05, 0.1) is 0 Å². The summed E-state index contributed by atoms with van der Waals surface area (Å²) in [5.41, 5.74) is 2.03. The summed E-state index contributed by atoms with van der Waals surface area (Å²) >= 11 is 0. The quantitative estimate of drug-likeness (QED) is 0.766. The highest BCUT2D eigenvalue weighted by molar-refractivity contribution is 5.25. The molecule has 0 bridgehead atoms. The second-order valence-corrected chi connectivity index (χ2v) is 6.23. The van der Waals surface area contributed by atoms with Crippen LogP contribution in [0.3, 0.4) is 0 Å². The van der Waals surface area contributed by atoms with Crippen molar-refractivity contribution in [3.05, 3.63) is 35.1 Å². The van der Waals surface area contributed by atoms with E-state index in [0.717, 1.165) is 50.6 Å². The van der Waals surface area contributed by atoms with Gasteiger partial charge in [-0.15, -0.1) is 0 Å². The van der Waals surface area contributed by atoms with Crippen molar-refractivity contribution in [3.8, 4) is 0 Å². The second kappa shape index (κ2) is 8.50. The molecular formula is C18H29FN2. The fraction of sp³-hybridized carbons (Fsp3) is 0.667. The predicted octanol–water partition coefficient (Wildman–Crippen LogP) is 3.95. The normalized spacial score (nSPS) is 17.3. The molecule has 1 aliphatic heterocycles. The number of piperidine rings is 1. The highest BCUT2D eigenvalue weighted by atomic mass is 19.1. The van der Waals surface area contributed by atoms with Crippen molar-refractivity contribution in [2.75, 3.05) is 19.6 Å². The maximum atomic E-state index is 14.0. The van der Waals surface area contributed by atoms with Crippen LogP contribution in [0.25, 0.3) is 0 Å². The zero-order valence-electron chi connectivity index (χ0n) is 13.5. The van der Waals surface area contributed by atoms with Gasteiger partial charge in [-0.25, -0.2) is 4.39 Å². The Morgan fingerprint density at radius 3 is 2.67 bits per heavy atom. The average molecular weight is 292 g/mol. The first-order chi connectivity index (χ1) is 10.2. The van der Waals surface area contributed by atoms with Crippen LogP contribution in [-0.4, -0.2) is 24.5 Å². The van der Waals surface area contributed by atoms with Crippen molar-refractivity contribution in [3.63, 3.8) is 0 Å². The molecule has 1 aliphatic rings. The van der Waals surface area contributed by atoms with Gasteiger partial charge in [0, 0.05) is 18.7 Å². The van der Waals surface area contributed by atoms with Crippen LogP contribution in [0, 0.1) is 11.7 Å². The number of hydrogen-bond acceptors (Lipinski definition) is 2. The number of rotatable bonds is 7. The number of hydrogen-bond donors (Lipinski definition) is 1. The molecule has 1 heterocycles. The first-order valence-electron chi connectivity index (χ1n) is 8.43. The molecule has 0 saturated carbocycles. The fourth-order valence-electron chi connectivity index (χ4n) is 3.06. The molecule has 1 aromatic carbocycles. The maximum absolute atomic E-state index is 14.0. The van der Waals surface area contributed by atoms with Gasteiger partial charge in [-0.05, 0) is 56.4 Å². The molecule has 3 heteroatoms. The first kappa shape index (κ1) is 16.4. The lowest BCUT2D eigenvalue weighted by molar-refractivity contribution is 0.173. The van der Waals surface area contributed by atoms with Crippen LogP contribution < -0.4 is 5.32 Å². The number of likely N-dealkylation sites (tertiary alicyclic amines) is 1. The zero-order valence-corrected chi connectivity index (χ0v) is 13.5. The highest BCUT2D eigenvalue weighted by Gasteiger charge is 2.18. The van der Waals surface area contributed by atoms with Gasteiger partial charge in [0.15, 0.2) is 0 Å². The molecule has 1 saturated heterocycles. The summed E-state index contributed by atoms with van der Waals surface area (Å²) in [7, 11) is 0. The first-order valence-corrected chi connectivity index (χ1v) is 8.43. The molecule has 2 nitrogen and oxygen atoms in total. The summed E-state index contributed by atoms with van der Waals surface area (Å²) in [6.45, 7) is 9.24. The molecule has 0 aromatic heterocycles. The van der Waals surface area contributed by atoms with Crippen LogP contribution in [-0.2, 0) is 13.1 Å². The molecule has 2 rings (SSSR count). The number of halogens is 1. The van der Waals surface area contributed by atoms with E-state index in [0.29, 0.717) is 0 Å². The molecular weight excluding hydrogens is 263 g/mol. The third kappa shape index (κ3) is 5.08. The molecule has 0 spiro atoms. The standard InChI is InChI=1S/C18H29FN2/c1-3-9-20-13-16-5-6-18(19)17(12-16)14-21-10-7-15(4-2)8-11-21/h5-6,12,15,20H,3-4,7-11,13-14H2,1-2H3. The Labute approximate surface area is 128 Å². The summed E-state index contributed by atoms with van der Waals surface area (Å²) in [5.74, 6) is 0.808. The molecule has 21 heavy (non-hydrogen) atoms. The maximum Gasteiger partial charge on any atom is 0.127 e. The van der Waals surface area contributed by atoms with E-state index in [1.54, 1.807) is 6.07 Å². The number of nitrogens with one attached hydrogen (secondary N) is 1. The molecule has 0 amide bonds. The van der Waals surface area contributed by atoms with Gasteiger partial charge in [0.2, 0.25) is 0 Å². The van der Waals surface area contributed by atoms with Crippen LogP contribution in [0.2, 0.25) is 0 Å². The van der Waals surface area contributed by atoms with Gasteiger partial charge in [0.25, 0.3) is 0 Å². The van der Waals surface area contributed by atoms with E-state index in [4.69, 9.17) is 0 Å². The molecule has 0 aliphatic carbocycles. The summed E-state index contributed by atoms with van der Waals surface area (Å²) in [6, 6.07) is 5.55. The number of nitrogens with zero attached hydrogens (tertiary/aromatic N) is 1. The molecule has 0 unspecified atom stereocenters. The molecule has 1 N–H and O–H groups in total. The minimum Gasteiger partial charge on any atom is -0.313 e. The fourth-order valence-corrected chi connectivity index (χ4v) is 3.06. The van der Waals surface area contributed by atoms with Crippen molar-refractivity contribution < 1.29 is 4.39 Å². The van der Waals surface area contributed by atoms with Crippen LogP contribution in [0.4, 0.5) is 4.39 Å². The smallest absolute Gasteiger partial charge is 0.127 e. The SMILES string of the molecule is CCCNCc1ccc(F)c(CN2CCC(CC)CC2)c1. The van der Waals surface area contributed by atoms with Crippen molar-refractivity contribution in [2.24, 2.45) is 5.92 Å². The minimum atomic E-state index is -0.0631. The van der Waals surface area contributed by atoms with Gasteiger partial charge in [0.1, 0.15) is 5.82 Å². The largest absolute Gasteiger partial charge is 0.313 e. The third-order valence-electron chi connectivity index (χ3n) is 4.54. The van der Waals surface area contributed by atoms with E-state index >= 15 is 0 Å². The van der Waals surface area contributed by atoms with Gasteiger partial charge in [-0.1, -0.05) is 32.4 Å². The summed E-state index contributed by atoms with van der Waals surface area (Å²) < 4.78 is 14.0. The van der Waals surface area contributed by atoms with Crippen molar-refractivity contribution in [2.45, 2.75) is 52.6 Å². The lowest BCUT2D eigenvalue weighted by Gasteiger charge is -2.31. The van der Waals surface area contributed by atoms with E-state index in [9.17, 15) is 4.39 Å². The predicted molar refractivity (Wildman–Crippen MR) is 86.7 cm³/mol. The summed E-state index contributed by atoms with van der Waals surface area (Å²) in [6.07, 6.45) is 4.92. The highest BCUT2D eigenvalue weighted by Crippen LogP contribution is 2.22. The van der Waals surface area contributed by atoms with Crippen molar-refractivity contribution >= 4 is 0 Å². The van der Waals surface area contributed by atoms with Crippen LogP contribution in [0.5, 0.6) is 0 Å². The van der Waals surface area contributed by atoms with E-state index in [-0.39, 0.29) is 5.82 Å². The Hall–Kier alpha value is -0.930. The van der Waals surface area contributed by atoms with Crippen LogP contribution >= 0.6 is 0 Å². The Balaban J connectivity index is 1.91. The minimum absolute atomic E-state index is 0.0631.